The summed E-state index contributed by atoms with van der Waals surface area (Å²) in [6.07, 6.45) is 0. The second-order valence-electron chi connectivity index (χ2n) is 6.03. The Hall–Kier alpha value is -3.24. The van der Waals surface area contributed by atoms with Gasteiger partial charge in [0.15, 0.2) is 18.1 Å². The van der Waals surface area contributed by atoms with Crippen molar-refractivity contribution >= 4 is 35.2 Å². The molecule has 1 aromatic heterocycles. The quantitative estimate of drug-likeness (QED) is 0.530. The zero-order valence-electron chi connectivity index (χ0n) is 15.9. The van der Waals surface area contributed by atoms with Gasteiger partial charge in [-0.2, -0.15) is 8.75 Å². The molecule has 0 radical (unpaired) electrons. The Balaban J connectivity index is 0.000000941. The van der Waals surface area contributed by atoms with Crippen LogP contribution in [0.3, 0.4) is 0 Å². The zero-order chi connectivity index (χ0) is 21.2. The number of carboxylic acid groups (broad SMARTS) is 2. The standard InChI is InChI=1S/C18H19N3O4S.CH2O2/c1-21(9-12-3-5-14-15(7-12)20-26-19-14)10-13-4-6-16(24-2)17(8-13)25-11-18(22)23;2-1-3/h3-8H,9-11H2,1-2H3,(H,22,23);1H,(H,2,3). The van der Waals surface area contributed by atoms with Crippen molar-refractivity contribution in [3.63, 3.8) is 0 Å². The summed E-state index contributed by atoms with van der Waals surface area (Å²) in [4.78, 5) is 21.2. The number of aliphatic carboxylic acids is 1. The van der Waals surface area contributed by atoms with Crippen LogP contribution >= 0.6 is 11.7 Å². The molecule has 0 amide bonds. The number of ether oxygens (including phenoxy) is 2. The van der Waals surface area contributed by atoms with Gasteiger partial charge < -0.3 is 19.7 Å². The first-order valence-corrected chi connectivity index (χ1v) is 9.19. The number of methoxy groups -OCH3 is 1. The predicted molar refractivity (Wildman–Crippen MR) is 107 cm³/mol. The summed E-state index contributed by atoms with van der Waals surface area (Å²) in [5.41, 5.74) is 3.99. The zero-order valence-corrected chi connectivity index (χ0v) is 16.8. The van der Waals surface area contributed by atoms with Crippen molar-refractivity contribution in [2.24, 2.45) is 0 Å². The fourth-order valence-corrected chi connectivity index (χ4v) is 3.19. The van der Waals surface area contributed by atoms with Crippen molar-refractivity contribution in [2.75, 3.05) is 20.8 Å². The van der Waals surface area contributed by atoms with Gasteiger partial charge in [-0.3, -0.25) is 9.69 Å². The molecule has 0 aliphatic heterocycles. The first-order chi connectivity index (χ1) is 14.0. The third-order valence-electron chi connectivity index (χ3n) is 3.80. The molecule has 1 heterocycles. The van der Waals surface area contributed by atoms with Gasteiger partial charge >= 0.3 is 5.97 Å². The van der Waals surface area contributed by atoms with E-state index in [1.807, 2.05) is 31.3 Å². The molecule has 2 aromatic carbocycles. The molecule has 9 nitrogen and oxygen atoms in total. The molecule has 0 spiro atoms. The van der Waals surface area contributed by atoms with Gasteiger partial charge in [0.25, 0.3) is 6.47 Å². The summed E-state index contributed by atoms with van der Waals surface area (Å²) in [5, 5.41) is 15.7. The number of nitrogens with zero attached hydrogens (tertiary/aromatic N) is 3. The highest BCUT2D eigenvalue weighted by Gasteiger charge is 2.10. The number of carbonyl (C=O) groups is 2. The highest BCUT2D eigenvalue weighted by Crippen LogP contribution is 2.28. The maximum absolute atomic E-state index is 10.7. The van der Waals surface area contributed by atoms with Crippen LogP contribution in [-0.4, -0.2) is 57.1 Å². The molecule has 0 aliphatic rings. The number of carboxylic acids is 1. The van der Waals surface area contributed by atoms with Crippen LogP contribution in [-0.2, 0) is 22.7 Å². The van der Waals surface area contributed by atoms with Crippen molar-refractivity contribution in [3.8, 4) is 11.5 Å². The second-order valence-corrected chi connectivity index (χ2v) is 6.56. The molecular weight excluding hydrogens is 398 g/mol. The fourth-order valence-electron chi connectivity index (χ4n) is 2.68. The molecule has 0 aliphatic carbocycles. The van der Waals surface area contributed by atoms with Crippen molar-refractivity contribution in [3.05, 3.63) is 47.5 Å². The molecular formula is C19H21N3O6S. The van der Waals surface area contributed by atoms with E-state index in [0.717, 1.165) is 28.7 Å². The second kappa shape index (κ2) is 10.9. The Morgan fingerprint density at radius 3 is 2.38 bits per heavy atom. The number of rotatable bonds is 8. The number of fused-ring (bicyclic) bond motifs is 1. The Kier molecular flexibility index (Phi) is 8.31. The van der Waals surface area contributed by atoms with E-state index >= 15 is 0 Å². The van der Waals surface area contributed by atoms with Gasteiger partial charge in [0.1, 0.15) is 11.0 Å². The van der Waals surface area contributed by atoms with Gasteiger partial charge in [-0.25, -0.2) is 4.79 Å². The fraction of sp³-hybridized carbons (Fsp3) is 0.263. The third kappa shape index (κ3) is 6.70. The Labute approximate surface area is 171 Å². The average molecular weight is 419 g/mol. The van der Waals surface area contributed by atoms with Gasteiger partial charge in [0.2, 0.25) is 0 Å². The van der Waals surface area contributed by atoms with Gasteiger partial charge in [-0.05, 0) is 42.4 Å². The maximum atomic E-state index is 10.7. The molecule has 2 N–H and O–H groups in total. The lowest BCUT2D eigenvalue weighted by Gasteiger charge is -2.18. The normalized spacial score (nSPS) is 10.3. The molecule has 0 atom stereocenters. The molecule has 3 aromatic rings. The summed E-state index contributed by atoms with van der Waals surface area (Å²) in [6.45, 7) is 0.781. The van der Waals surface area contributed by atoms with Crippen LogP contribution in [0.25, 0.3) is 11.0 Å². The summed E-state index contributed by atoms with van der Waals surface area (Å²) < 4.78 is 19.0. The van der Waals surface area contributed by atoms with E-state index < -0.39 is 12.6 Å². The van der Waals surface area contributed by atoms with Gasteiger partial charge in [-0.15, -0.1) is 0 Å². The van der Waals surface area contributed by atoms with Crippen molar-refractivity contribution in [1.82, 2.24) is 13.6 Å². The average Bonchev–Trinajstić information content (AvgIpc) is 3.15. The first-order valence-electron chi connectivity index (χ1n) is 8.46. The van der Waals surface area contributed by atoms with E-state index in [9.17, 15) is 4.79 Å². The minimum atomic E-state index is -1.03. The van der Waals surface area contributed by atoms with E-state index in [1.54, 1.807) is 6.07 Å². The maximum Gasteiger partial charge on any atom is 0.341 e. The minimum Gasteiger partial charge on any atom is -0.493 e. The van der Waals surface area contributed by atoms with E-state index in [-0.39, 0.29) is 6.47 Å². The molecule has 154 valence electrons. The van der Waals surface area contributed by atoms with Gasteiger partial charge in [0, 0.05) is 13.1 Å². The SMILES string of the molecule is COc1ccc(CN(C)Cc2ccc3nsnc3c2)cc1OCC(=O)O.O=CO. The minimum absolute atomic E-state index is 0.250. The number of aromatic nitrogens is 2. The van der Waals surface area contributed by atoms with Crippen LogP contribution < -0.4 is 9.47 Å². The summed E-state index contributed by atoms with van der Waals surface area (Å²) in [5.74, 6) is -0.0867. The molecule has 29 heavy (non-hydrogen) atoms. The largest absolute Gasteiger partial charge is 0.493 e. The first kappa shape index (κ1) is 22.1. The van der Waals surface area contributed by atoms with E-state index in [2.05, 4.69) is 19.7 Å². The summed E-state index contributed by atoms with van der Waals surface area (Å²) in [7, 11) is 3.55. The predicted octanol–water partition coefficient (Wildman–Crippen LogP) is 2.50. The van der Waals surface area contributed by atoms with Crippen LogP contribution in [0.4, 0.5) is 0 Å². The molecule has 0 unspecified atom stereocenters. The molecule has 0 bridgehead atoms. The topological polar surface area (TPSA) is 122 Å². The van der Waals surface area contributed by atoms with Crippen LogP contribution in [0, 0.1) is 0 Å². The van der Waals surface area contributed by atoms with E-state index in [1.165, 1.54) is 18.8 Å². The Morgan fingerprint density at radius 1 is 1.10 bits per heavy atom. The van der Waals surface area contributed by atoms with Crippen LogP contribution in [0.2, 0.25) is 0 Å². The van der Waals surface area contributed by atoms with Crippen molar-refractivity contribution in [1.29, 1.82) is 0 Å². The van der Waals surface area contributed by atoms with Crippen molar-refractivity contribution in [2.45, 2.75) is 13.1 Å². The monoisotopic (exact) mass is 419 g/mol. The van der Waals surface area contributed by atoms with Gasteiger partial charge in [0.05, 0.1) is 18.8 Å². The third-order valence-corrected chi connectivity index (χ3v) is 4.36. The van der Waals surface area contributed by atoms with Crippen molar-refractivity contribution < 1.29 is 29.3 Å². The smallest absolute Gasteiger partial charge is 0.341 e. The molecule has 0 fully saturated rings. The Morgan fingerprint density at radius 2 is 1.72 bits per heavy atom. The van der Waals surface area contributed by atoms with Gasteiger partial charge in [-0.1, -0.05) is 12.1 Å². The van der Waals surface area contributed by atoms with E-state index in [0.29, 0.717) is 18.0 Å². The highest BCUT2D eigenvalue weighted by atomic mass is 32.1. The molecule has 3 rings (SSSR count). The molecule has 0 saturated heterocycles. The lowest BCUT2D eigenvalue weighted by molar-refractivity contribution is -0.139. The van der Waals surface area contributed by atoms with Crippen LogP contribution in [0.1, 0.15) is 11.1 Å². The molecule has 10 heteroatoms. The highest BCUT2D eigenvalue weighted by molar-refractivity contribution is 7.00. The molecule has 0 saturated carbocycles. The Bertz CT molecular complexity index is 962. The van der Waals surface area contributed by atoms with Crippen LogP contribution in [0.5, 0.6) is 11.5 Å². The lowest BCUT2D eigenvalue weighted by Crippen LogP contribution is -2.17. The van der Waals surface area contributed by atoms with E-state index in [4.69, 9.17) is 24.5 Å². The number of hydrogen-bond donors (Lipinski definition) is 2. The number of hydrogen-bond acceptors (Lipinski definition) is 8. The van der Waals surface area contributed by atoms with Crippen LogP contribution in [0.15, 0.2) is 36.4 Å². The number of benzene rings is 2. The summed E-state index contributed by atoms with van der Waals surface area (Å²) in [6, 6.07) is 11.6. The summed E-state index contributed by atoms with van der Waals surface area (Å²) >= 11 is 1.21. The lowest BCUT2D eigenvalue weighted by atomic mass is 10.1.